The van der Waals surface area contributed by atoms with E-state index in [0.29, 0.717) is 13.1 Å². The molecule has 3 N–H and O–H groups in total. The molecule has 0 heterocycles. The largest absolute Gasteiger partial charge is 0.326 e. The van der Waals surface area contributed by atoms with Gasteiger partial charge >= 0.3 is 0 Å². The van der Waals surface area contributed by atoms with Crippen molar-refractivity contribution in [2.45, 2.75) is 32.2 Å². The van der Waals surface area contributed by atoms with Crippen LogP contribution in [-0.2, 0) is 16.6 Å². The third-order valence-corrected chi connectivity index (χ3v) is 4.20. The lowest BCUT2D eigenvalue weighted by molar-refractivity contribution is 0.407. The van der Waals surface area contributed by atoms with Crippen LogP contribution in [0.15, 0.2) is 23.1 Å². The Bertz CT molecular complexity index is 521. The third-order valence-electron chi connectivity index (χ3n) is 2.31. The topological polar surface area (TPSA) is 72.2 Å². The quantitative estimate of drug-likeness (QED) is 0.892. The number of benzene rings is 1. The second-order valence-electron chi connectivity index (χ2n) is 5.35. The Morgan fingerprint density at radius 3 is 2.39 bits per heavy atom. The van der Waals surface area contributed by atoms with Crippen molar-refractivity contribution >= 4 is 21.6 Å². The van der Waals surface area contributed by atoms with Crippen molar-refractivity contribution in [1.29, 1.82) is 0 Å². The average Bonchev–Trinajstić information content (AvgIpc) is 2.25. The monoisotopic (exact) mass is 290 g/mol. The maximum atomic E-state index is 12.1. The van der Waals surface area contributed by atoms with Gasteiger partial charge in [0.05, 0.1) is 5.02 Å². The van der Waals surface area contributed by atoms with E-state index in [4.69, 9.17) is 17.3 Å². The molecule has 6 heteroatoms. The molecule has 4 nitrogen and oxygen atoms in total. The summed E-state index contributed by atoms with van der Waals surface area (Å²) in [6.45, 7) is 6.54. The molecule has 0 spiro atoms. The van der Waals surface area contributed by atoms with E-state index in [9.17, 15) is 8.42 Å². The van der Waals surface area contributed by atoms with E-state index < -0.39 is 10.0 Å². The Hall–Kier alpha value is -0.620. The molecule has 0 amide bonds. The van der Waals surface area contributed by atoms with Crippen LogP contribution < -0.4 is 10.5 Å². The Morgan fingerprint density at radius 1 is 1.33 bits per heavy atom. The van der Waals surface area contributed by atoms with Gasteiger partial charge in [-0.15, -0.1) is 0 Å². The number of hydrogen-bond donors (Lipinski definition) is 2. The summed E-state index contributed by atoms with van der Waals surface area (Å²) in [5, 5.41) is 0.194. The minimum absolute atomic E-state index is 0.0885. The molecular weight excluding hydrogens is 272 g/mol. The van der Waals surface area contributed by atoms with Crippen LogP contribution in [-0.4, -0.2) is 15.0 Å². The molecule has 0 aliphatic rings. The highest BCUT2D eigenvalue weighted by Crippen LogP contribution is 2.23. The summed E-state index contributed by atoms with van der Waals surface area (Å²) >= 11 is 5.97. The lowest BCUT2D eigenvalue weighted by Crippen LogP contribution is -2.32. The molecule has 0 unspecified atom stereocenters. The molecule has 0 fully saturated rings. The van der Waals surface area contributed by atoms with Crippen molar-refractivity contribution < 1.29 is 8.42 Å². The van der Waals surface area contributed by atoms with Crippen molar-refractivity contribution in [2.75, 3.05) is 6.54 Å². The molecule has 1 rings (SSSR count). The van der Waals surface area contributed by atoms with E-state index in [-0.39, 0.29) is 15.3 Å². The zero-order valence-electron chi connectivity index (χ0n) is 10.8. The number of sulfonamides is 1. The van der Waals surface area contributed by atoms with Gasteiger partial charge in [0.25, 0.3) is 0 Å². The third kappa shape index (κ3) is 4.24. The molecule has 1 aromatic carbocycles. The highest BCUT2D eigenvalue weighted by molar-refractivity contribution is 7.89. The molecule has 0 aromatic heterocycles. The molecule has 1 aromatic rings. The first kappa shape index (κ1) is 15.4. The van der Waals surface area contributed by atoms with Gasteiger partial charge in [0.1, 0.15) is 4.90 Å². The van der Waals surface area contributed by atoms with E-state index in [1.165, 1.54) is 6.07 Å². The molecule has 0 atom stereocenters. The number of halogens is 1. The van der Waals surface area contributed by atoms with Crippen molar-refractivity contribution in [3.05, 3.63) is 28.8 Å². The van der Waals surface area contributed by atoms with E-state index in [2.05, 4.69) is 4.72 Å². The maximum Gasteiger partial charge on any atom is 0.242 e. The minimum Gasteiger partial charge on any atom is -0.326 e. The first-order valence-electron chi connectivity index (χ1n) is 5.64. The van der Waals surface area contributed by atoms with E-state index in [0.717, 1.165) is 5.56 Å². The van der Waals surface area contributed by atoms with Gasteiger partial charge < -0.3 is 5.73 Å². The summed E-state index contributed by atoms with van der Waals surface area (Å²) in [6, 6.07) is 4.72. The molecule has 0 radical (unpaired) electrons. The Balaban J connectivity index is 2.99. The van der Waals surface area contributed by atoms with Gasteiger partial charge in [-0.05, 0) is 23.1 Å². The highest BCUT2D eigenvalue weighted by atomic mass is 35.5. The van der Waals surface area contributed by atoms with Gasteiger partial charge in [-0.25, -0.2) is 13.1 Å². The number of hydrogen-bond acceptors (Lipinski definition) is 3. The SMILES string of the molecule is CC(C)(C)CNS(=O)(=O)c1ccc(CN)cc1Cl. The standard InChI is InChI=1S/C12H19ClN2O2S/c1-12(2,3)8-15-18(16,17)11-5-4-9(7-14)6-10(11)13/h4-6,15H,7-8,14H2,1-3H3. The normalized spacial score (nSPS) is 12.7. The van der Waals surface area contributed by atoms with Gasteiger partial charge in [-0.3, -0.25) is 0 Å². The van der Waals surface area contributed by atoms with Crippen LogP contribution in [0.1, 0.15) is 26.3 Å². The summed E-state index contributed by atoms with van der Waals surface area (Å²) in [5.74, 6) is 0. The van der Waals surface area contributed by atoms with Gasteiger partial charge in [0, 0.05) is 13.1 Å². The average molecular weight is 291 g/mol. The zero-order valence-corrected chi connectivity index (χ0v) is 12.4. The maximum absolute atomic E-state index is 12.1. The van der Waals surface area contributed by atoms with Crippen molar-refractivity contribution in [3.63, 3.8) is 0 Å². The predicted octanol–water partition coefficient (Wildman–Crippen LogP) is 2.12. The van der Waals surface area contributed by atoms with Crippen LogP contribution in [0.5, 0.6) is 0 Å². The molecule has 0 saturated heterocycles. The molecule has 102 valence electrons. The van der Waals surface area contributed by atoms with Crippen molar-refractivity contribution in [2.24, 2.45) is 11.1 Å². The second-order valence-corrected chi connectivity index (χ2v) is 7.50. The van der Waals surface area contributed by atoms with E-state index >= 15 is 0 Å². The second kappa shape index (κ2) is 5.57. The summed E-state index contributed by atoms with van der Waals surface area (Å²) in [7, 11) is -3.57. The van der Waals surface area contributed by atoms with Crippen molar-refractivity contribution in [1.82, 2.24) is 4.72 Å². The van der Waals surface area contributed by atoms with Gasteiger partial charge in [0.15, 0.2) is 0 Å². The number of nitrogens with one attached hydrogen (secondary N) is 1. The molecule has 0 aliphatic heterocycles. The van der Waals surface area contributed by atoms with Gasteiger partial charge in [-0.2, -0.15) is 0 Å². The molecule has 0 saturated carbocycles. The minimum atomic E-state index is -3.57. The highest BCUT2D eigenvalue weighted by Gasteiger charge is 2.20. The van der Waals surface area contributed by atoms with Crippen LogP contribution in [0.2, 0.25) is 5.02 Å². The fourth-order valence-corrected chi connectivity index (χ4v) is 3.13. The lowest BCUT2D eigenvalue weighted by Gasteiger charge is -2.19. The molecule has 0 bridgehead atoms. The first-order chi connectivity index (χ1) is 8.15. The van der Waals surface area contributed by atoms with Gasteiger partial charge in [0.2, 0.25) is 10.0 Å². The van der Waals surface area contributed by atoms with Crippen LogP contribution >= 0.6 is 11.6 Å². The van der Waals surface area contributed by atoms with Crippen molar-refractivity contribution in [3.8, 4) is 0 Å². The van der Waals surface area contributed by atoms with E-state index in [1.807, 2.05) is 20.8 Å². The summed E-state index contributed by atoms with van der Waals surface area (Å²) in [5.41, 5.74) is 6.14. The molecule has 0 aliphatic carbocycles. The predicted molar refractivity (Wildman–Crippen MR) is 74.0 cm³/mol. The van der Waals surface area contributed by atoms with Gasteiger partial charge in [-0.1, -0.05) is 38.4 Å². The van der Waals surface area contributed by atoms with Crippen LogP contribution in [0.25, 0.3) is 0 Å². The van der Waals surface area contributed by atoms with Crippen LogP contribution in [0.3, 0.4) is 0 Å². The molecular formula is C12H19ClN2O2S. The van der Waals surface area contributed by atoms with E-state index in [1.54, 1.807) is 12.1 Å². The zero-order chi connectivity index (χ0) is 14.0. The number of nitrogens with two attached hydrogens (primary N) is 1. The smallest absolute Gasteiger partial charge is 0.242 e. The van der Waals surface area contributed by atoms with Crippen LogP contribution in [0, 0.1) is 5.41 Å². The summed E-state index contributed by atoms with van der Waals surface area (Å²) < 4.78 is 26.7. The Labute approximate surface area is 114 Å². The Kier molecular flexibility index (Phi) is 4.78. The van der Waals surface area contributed by atoms with Crippen LogP contribution in [0.4, 0.5) is 0 Å². The summed E-state index contributed by atoms with van der Waals surface area (Å²) in [6.07, 6.45) is 0. The first-order valence-corrected chi connectivity index (χ1v) is 7.50. The molecule has 18 heavy (non-hydrogen) atoms. The summed E-state index contributed by atoms with van der Waals surface area (Å²) in [4.78, 5) is 0.0885. The fraction of sp³-hybridized carbons (Fsp3) is 0.500. The number of rotatable bonds is 4. The Morgan fingerprint density at radius 2 is 1.94 bits per heavy atom. The lowest BCUT2D eigenvalue weighted by atomic mass is 9.98. The fourth-order valence-electron chi connectivity index (χ4n) is 1.28.